The summed E-state index contributed by atoms with van der Waals surface area (Å²) < 4.78 is 11.0. The van der Waals surface area contributed by atoms with Crippen molar-refractivity contribution < 1.29 is 13.9 Å². The highest BCUT2D eigenvalue weighted by Crippen LogP contribution is 2.30. The lowest BCUT2D eigenvalue weighted by Gasteiger charge is -2.35. The number of hydrogen-bond acceptors (Lipinski definition) is 7. The predicted octanol–water partition coefficient (Wildman–Crippen LogP) is 3.71. The fourth-order valence-electron chi connectivity index (χ4n) is 3.41. The van der Waals surface area contributed by atoms with Crippen molar-refractivity contribution in [2.24, 2.45) is 0 Å². The van der Waals surface area contributed by atoms with Gasteiger partial charge in [-0.15, -0.1) is 10.2 Å². The van der Waals surface area contributed by atoms with Crippen molar-refractivity contribution >= 4 is 29.1 Å². The number of carbonyl (C=O) groups excluding carboxylic acids is 1. The number of piperazine rings is 1. The van der Waals surface area contributed by atoms with Gasteiger partial charge in [-0.1, -0.05) is 18.5 Å². The highest BCUT2D eigenvalue weighted by Gasteiger charge is 2.25. The third kappa shape index (κ3) is 4.56. The molecule has 3 heterocycles. The highest BCUT2D eigenvalue weighted by atomic mass is 35.5. The highest BCUT2D eigenvalue weighted by molar-refractivity contribution is 6.31. The second kappa shape index (κ2) is 9.22. The molecule has 3 aromatic rings. The van der Waals surface area contributed by atoms with Crippen molar-refractivity contribution in [3.05, 3.63) is 47.4 Å². The number of amides is 2. The number of nitrogens with zero attached hydrogens (tertiary/aromatic N) is 5. The van der Waals surface area contributed by atoms with Gasteiger partial charge in [0.15, 0.2) is 0 Å². The van der Waals surface area contributed by atoms with E-state index in [1.54, 1.807) is 36.4 Å². The summed E-state index contributed by atoms with van der Waals surface area (Å²) in [6, 6.07) is 8.66. The van der Waals surface area contributed by atoms with E-state index in [1.807, 2.05) is 19.1 Å². The van der Waals surface area contributed by atoms with E-state index in [9.17, 15) is 4.79 Å². The molecule has 31 heavy (non-hydrogen) atoms. The molecule has 0 saturated carbocycles. The van der Waals surface area contributed by atoms with Gasteiger partial charge in [0.25, 0.3) is 5.89 Å². The number of carbonyl (C=O) groups is 1. The molecule has 1 fully saturated rings. The molecule has 0 unspecified atom stereocenters. The Labute approximate surface area is 185 Å². The Morgan fingerprint density at radius 1 is 1.23 bits per heavy atom. The van der Waals surface area contributed by atoms with Crippen LogP contribution in [0.4, 0.5) is 16.3 Å². The fraction of sp³-hybridized carbons (Fsp3) is 0.333. The number of halogens is 1. The number of anilines is 2. The number of ether oxygens (including phenoxy) is 1. The van der Waals surface area contributed by atoms with Crippen LogP contribution in [0.3, 0.4) is 0 Å². The van der Waals surface area contributed by atoms with E-state index >= 15 is 0 Å². The molecule has 2 aromatic heterocycles. The molecule has 10 heteroatoms. The Morgan fingerprint density at radius 2 is 2.03 bits per heavy atom. The van der Waals surface area contributed by atoms with Crippen LogP contribution in [0.1, 0.15) is 12.8 Å². The van der Waals surface area contributed by atoms with E-state index in [-0.39, 0.29) is 6.03 Å². The number of benzene rings is 1. The second-order valence-electron chi connectivity index (χ2n) is 6.98. The Kier molecular flexibility index (Phi) is 6.22. The van der Waals surface area contributed by atoms with Crippen molar-refractivity contribution in [2.45, 2.75) is 13.3 Å². The average molecular weight is 443 g/mol. The van der Waals surface area contributed by atoms with Gasteiger partial charge in [-0.2, -0.15) is 0 Å². The average Bonchev–Trinajstić information content (AvgIpc) is 3.29. The third-order valence-electron chi connectivity index (χ3n) is 5.06. The lowest BCUT2D eigenvalue weighted by Crippen LogP contribution is -2.50. The van der Waals surface area contributed by atoms with Gasteiger partial charge in [0, 0.05) is 43.8 Å². The van der Waals surface area contributed by atoms with Gasteiger partial charge in [-0.3, -0.25) is 0 Å². The second-order valence-corrected chi connectivity index (χ2v) is 7.41. The lowest BCUT2D eigenvalue weighted by molar-refractivity contribution is 0.208. The first-order chi connectivity index (χ1) is 15.1. The molecule has 4 rings (SSSR count). The summed E-state index contributed by atoms with van der Waals surface area (Å²) in [6.45, 7) is 4.28. The first-order valence-corrected chi connectivity index (χ1v) is 10.4. The van der Waals surface area contributed by atoms with E-state index in [0.717, 1.165) is 11.4 Å². The molecule has 162 valence electrons. The Bertz CT molecular complexity index is 1060. The standard InChI is InChI=1S/C21H23ClN6O3/c1-3-18-25-26-20(31-18)15-5-4-8-23-19(15)27-9-11-28(12-10-27)21(29)24-16-13-14(22)6-7-17(16)30-2/h4-8,13H,3,9-12H2,1-2H3,(H,24,29). The fourth-order valence-corrected chi connectivity index (χ4v) is 3.59. The SMILES string of the molecule is CCc1nnc(-c2cccnc2N2CCN(C(=O)Nc3cc(Cl)ccc3OC)CC2)o1. The number of methoxy groups -OCH3 is 1. The van der Waals surface area contributed by atoms with Crippen LogP contribution in [0, 0.1) is 0 Å². The summed E-state index contributed by atoms with van der Waals surface area (Å²) in [5, 5.41) is 11.6. The van der Waals surface area contributed by atoms with Crippen molar-refractivity contribution in [3.63, 3.8) is 0 Å². The van der Waals surface area contributed by atoms with E-state index in [1.165, 1.54) is 0 Å². The number of aryl methyl sites for hydroxylation is 1. The van der Waals surface area contributed by atoms with Crippen LogP contribution in [0.5, 0.6) is 5.75 Å². The van der Waals surface area contributed by atoms with Crippen LogP contribution in [0.2, 0.25) is 5.02 Å². The molecule has 0 atom stereocenters. The van der Waals surface area contributed by atoms with Gasteiger partial charge in [0.05, 0.1) is 18.4 Å². The van der Waals surface area contributed by atoms with E-state index in [4.69, 9.17) is 20.8 Å². The minimum Gasteiger partial charge on any atom is -0.495 e. The summed E-state index contributed by atoms with van der Waals surface area (Å²) in [6.07, 6.45) is 2.41. The zero-order valence-corrected chi connectivity index (χ0v) is 18.1. The monoisotopic (exact) mass is 442 g/mol. The maximum absolute atomic E-state index is 12.8. The zero-order valence-electron chi connectivity index (χ0n) is 17.3. The molecule has 9 nitrogen and oxygen atoms in total. The molecular weight excluding hydrogens is 420 g/mol. The van der Waals surface area contributed by atoms with Crippen LogP contribution in [-0.2, 0) is 6.42 Å². The quantitative estimate of drug-likeness (QED) is 0.643. The topological polar surface area (TPSA) is 96.6 Å². The molecule has 1 N–H and O–H groups in total. The van der Waals surface area contributed by atoms with E-state index < -0.39 is 0 Å². The number of rotatable bonds is 5. The van der Waals surface area contributed by atoms with Gasteiger partial charge in [-0.25, -0.2) is 9.78 Å². The van der Waals surface area contributed by atoms with Crippen LogP contribution in [0.15, 0.2) is 40.9 Å². The first kappa shape index (κ1) is 20.9. The maximum atomic E-state index is 12.8. The summed E-state index contributed by atoms with van der Waals surface area (Å²) in [4.78, 5) is 21.2. The smallest absolute Gasteiger partial charge is 0.322 e. The third-order valence-corrected chi connectivity index (χ3v) is 5.29. The van der Waals surface area contributed by atoms with Gasteiger partial charge < -0.3 is 24.3 Å². The molecule has 0 radical (unpaired) electrons. The van der Waals surface area contributed by atoms with E-state index in [0.29, 0.717) is 60.8 Å². The van der Waals surface area contributed by atoms with Gasteiger partial charge >= 0.3 is 6.03 Å². The summed E-state index contributed by atoms with van der Waals surface area (Å²) in [7, 11) is 1.55. The van der Waals surface area contributed by atoms with Crippen molar-refractivity contribution in [3.8, 4) is 17.2 Å². The lowest BCUT2D eigenvalue weighted by atomic mass is 10.2. The van der Waals surface area contributed by atoms with Crippen LogP contribution < -0.4 is 15.0 Å². The molecule has 1 aliphatic heterocycles. The molecule has 1 aromatic carbocycles. The number of urea groups is 1. The molecule has 1 aliphatic rings. The van der Waals surface area contributed by atoms with Gasteiger partial charge in [-0.05, 0) is 30.3 Å². The molecule has 0 bridgehead atoms. The summed E-state index contributed by atoms with van der Waals surface area (Å²) >= 11 is 6.05. The van der Waals surface area contributed by atoms with Crippen LogP contribution >= 0.6 is 11.6 Å². The largest absolute Gasteiger partial charge is 0.495 e. The number of hydrogen-bond donors (Lipinski definition) is 1. The normalized spacial score (nSPS) is 13.9. The first-order valence-electron chi connectivity index (χ1n) is 10.0. The minimum absolute atomic E-state index is 0.203. The molecular formula is C21H23ClN6O3. The Hall–Kier alpha value is -3.33. The van der Waals surface area contributed by atoms with Crippen molar-refractivity contribution in [2.75, 3.05) is 43.5 Å². The van der Waals surface area contributed by atoms with Crippen molar-refractivity contribution in [1.82, 2.24) is 20.1 Å². The number of nitrogens with one attached hydrogen (secondary N) is 1. The minimum atomic E-state index is -0.203. The predicted molar refractivity (Wildman–Crippen MR) is 118 cm³/mol. The Morgan fingerprint density at radius 3 is 2.74 bits per heavy atom. The molecule has 1 saturated heterocycles. The van der Waals surface area contributed by atoms with Crippen LogP contribution in [0.25, 0.3) is 11.5 Å². The summed E-state index contributed by atoms with van der Waals surface area (Å²) in [5.74, 6) is 2.36. The molecule has 0 aliphatic carbocycles. The number of aromatic nitrogens is 3. The zero-order chi connectivity index (χ0) is 21.8. The maximum Gasteiger partial charge on any atom is 0.322 e. The summed E-state index contributed by atoms with van der Waals surface area (Å²) in [5.41, 5.74) is 1.33. The Balaban J connectivity index is 1.44. The molecule has 2 amide bonds. The van der Waals surface area contributed by atoms with E-state index in [2.05, 4.69) is 25.4 Å². The molecule has 0 spiro atoms. The number of pyridine rings is 1. The van der Waals surface area contributed by atoms with Gasteiger partial charge in [0.2, 0.25) is 5.89 Å². The van der Waals surface area contributed by atoms with Gasteiger partial charge in [0.1, 0.15) is 11.6 Å². The van der Waals surface area contributed by atoms with Crippen molar-refractivity contribution in [1.29, 1.82) is 0 Å². The van der Waals surface area contributed by atoms with Crippen LogP contribution in [-0.4, -0.2) is 59.4 Å².